The van der Waals surface area contributed by atoms with Crippen LogP contribution in [0.5, 0.6) is 0 Å². The molecule has 0 spiro atoms. The minimum absolute atomic E-state index is 0.130. The second-order valence-electron chi connectivity index (χ2n) is 4.93. The Labute approximate surface area is 106 Å². The van der Waals surface area contributed by atoms with Crippen LogP contribution in [0.2, 0.25) is 0 Å². The van der Waals surface area contributed by atoms with Crippen molar-refractivity contribution in [3.63, 3.8) is 0 Å². The Morgan fingerprint density at radius 1 is 1.29 bits per heavy atom. The highest BCUT2D eigenvalue weighted by Crippen LogP contribution is 2.34. The largest absolute Gasteiger partial charge is 0.480 e. The number of aliphatic carboxylic acids is 1. The Morgan fingerprint density at radius 3 is 2.24 bits per heavy atom. The molecule has 0 aliphatic carbocycles. The van der Waals surface area contributed by atoms with Crippen LogP contribution in [-0.4, -0.2) is 21.1 Å². The van der Waals surface area contributed by atoms with Gasteiger partial charge in [0.2, 0.25) is 0 Å². The molecule has 1 aromatic rings. The van der Waals surface area contributed by atoms with Crippen molar-refractivity contribution in [1.29, 1.82) is 0 Å². The molecule has 0 bridgehead atoms. The van der Waals surface area contributed by atoms with Gasteiger partial charge in [-0.05, 0) is 5.56 Å². The van der Waals surface area contributed by atoms with Crippen LogP contribution in [0.3, 0.4) is 0 Å². The summed E-state index contributed by atoms with van der Waals surface area (Å²) < 4.78 is -0.130. The lowest BCUT2D eigenvalue weighted by molar-refractivity contribution is -0.136. The van der Waals surface area contributed by atoms with Gasteiger partial charge in [-0.2, -0.15) is 0 Å². The minimum atomic E-state index is -0.860. The number of benzene rings is 1. The van der Waals surface area contributed by atoms with Crippen molar-refractivity contribution in [2.75, 3.05) is 0 Å². The van der Waals surface area contributed by atoms with E-state index in [1.807, 2.05) is 51.1 Å². The third-order valence-corrected chi connectivity index (χ3v) is 3.69. The molecule has 0 aromatic heterocycles. The molecule has 1 aromatic carbocycles. The maximum Gasteiger partial charge on any atom is 0.318 e. The molecule has 4 heteroatoms. The van der Waals surface area contributed by atoms with Crippen molar-refractivity contribution >= 4 is 17.7 Å². The van der Waals surface area contributed by atoms with Gasteiger partial charge in [0.1, 0.15) is 5.25 Å². The Balaban J connectivity index is 2.89. The third kappa shape index (κ3) is 4.40. The fraction of sp³-hybridized carbons (Fsp3) is 0.462. The van der Waals surface area contributed by atoms with Crippen molar-refractivity contribution in [3.8, 4) is 0 Å². The Bertz CT molecular complexity index is 373. The number of rotatable bonds is 4. The molecule has 0 fully saturated rings. The Hall–Kier alpha value is -1.00. The summed E-state index contributed by atoms with van der Waals surface area (Å²) in [7, 11) is 0. The summed E-state index contributed by atoms with van der Waals surface area (Å²) in [5, 5.41) is 8.64. The molecule has 0 radical (unpaired) electrons. The first-order valence-electron chi connectivity index (χ1n) is 5.52. The van der Waals surface area contributed by atoms with Gasteiger partial charge in [-0.3, -0.25) is 4.79 Å². The van der Waals surface area contributed by atoms with E-state index in [1.54, 1.807) is 0 Å². The Morgan fingerprint density at radius 2 is 1.82 bits per heavy atom. The zero-order valence-electron chi connectivity index (χ0n) is 10.4. The SMILES string of the molecule is CC(C)(C)S[C@@H](C(=O)O)[C@H](N)c1ccccc1. The zero-order valence-corrected chi connectivity index (χ0v) is 11.2. The van der Waals surface area contributed by atoms with Gasteiger partial charge in [-0.25, -0.2) is 0 Å². The first kappa shape index (κ1) is 14.1. The fourth-order valence-corrected chi connectivity index (χ4v) is 2.67. The standard InChI is InChI=1S/C13H19NO2S/c1-13(2,3)17-11(12(15)16)10(14)9-7-5-4-6-8-9/h4-8,10-11H,14H2,1-3H3,(H,15,16)/t10-,11-/m1/s1. The van der Waals surface area contributed by atoms with Gasteiger partial charge in [0, 0.05) is 4.75 Å². The van der Waals surface area contributed by atoms with E-state index in [0.717, 1.165) is 5.56 Å². The predicted octanol–water partition coefficient (Wildman–Crippen LogP) is 2.67. The Kier molecular flexibility index (Phi) is 4.60. The number of hydrogen-bond donors (Lipinski definition) is 2. The van der Waals surface area contributed by atoms with E-state index < -0.39 is 17.3 Å². The topological polar surface area (TPSA) is 63.3 Å². The summed E-state index contributed by atoms with van der Waals surface area (Å²) in [6, 6.07) is 8.88. The van der Waals surface area contributed by atoms with E-state index in [1.165, 1.54) is 11.8 Å². The average molecular weight is 253 g/mol. The average Bonchev–Trinajstić information content (AvgIpc) is 2.25. The summed E-state index contributed by atoms with van der Waals surface area (Å²) in [4.78, 5) is 11.3. The lowest BCUT2D eigenvalue weighted by Gasteiger charge is -2.27. The summed E-state index contributed by atoms with van der Waals surface area (Å²) in [5.74, 6) is -0.860. The monoisotopic (exact) mass is 253 g/mol. The van der Waals surface area contributed by atoms with Crippen LogP contribution in [0.1, 0.15) is 32.4 Å². The lowest BCUT2D eigenvalue weighted by atomic mass is 10.0. The number of carboxylic acid groups (broad SMARTS) is 1. The number of thioether (sulfide) groups is 1. The van der Waals surface area contributed by atoms with E-state index in [9.17, 15) is 9.90 Å². The molecular weight excluding hydrogens is 234 g/mol. The first-order valence-corrected chi connectivity index (χ1v) is 6.40. The zero-order chi connectivity index (χ0) is 13.1. The van der Waals surface area contributed by atoms with E-state index in [4.69, 9.17) is 5.73 Å². The molecule has 0 aliphatic rings. The van der Waals surface area contributed by atoms with Gasteiger partial charge in [0.25, 0.3) is 0 Å². The molecule has 3 nitrogen and oxygen atoms in total. The normalized spacial score (nSPS) is 15.3. The molecular formula is C13H19NO2S. The van der Waals surface area contributed by atoms with Gasteiger partial charge >= 0.3 is 5.97 Å². The van der Waals surface area contributed by atoms with Gasteiger partial charge in [-0.1, -0.05) is 51.1 Å². The van der Waals surface area contributed by atoms with E-state index in [-0.39, 0.29) is 4.75 Å². The van der Waals surface area contributed by atoms with Crippen molar-refractivity contribution < 1.29 is 9.90 Å². The van der Waals surface area contributed by atoms with Gasteiger partial charge in [-0.15, -0.1) is 11.8 Å². The van der Waals surface area contributed by atoms with Crippen LogP contribution in [0, 0.1) is 0 Å². The van der Waals surface area contributed by atoms with Gasteiger partial charge in [0.15, 0.2) is 0 Å². The summed E-state index contributed by atoms with van der Waals surface area (Å²) in [6.45, 7) is 5.97. The van der Waals surface area contributed by atoms with Crippen LogP contribution in [0.25, 0.3) is 0 Å². The lowest BCUT2D eigenvalue weighted by Crippen LogP contribution is -2.34. The smallest absolute Gasteiger partial charge is 0.318 e. The summed E-state index contributed by atoms with van der Waals surface area (Å²) >= 11 is 1.39. The van der Waals surface area contributed by atoms with Crippen LogP contribution in [-0.2, 0) is 4.79 Å². The highest BCUT2D eigenvalue weighted by molar-refractivity contribution is 8.01. The third-order valence-electron chi connectivity index (χ3n) is 2.23. The molecule has 0 heterocycles. The number of hydrogen-bond acceptors (Lipinski definition) is 3. The molecule has 2 atom stereocenters. The molecule has 3 N–H and O–H groups in total. The molecule has 0 amide bonds. The molecule has 0 aliphatic heterocycles. The second kappa shape index (κ2) is 5.56. The molecule has 94 valence electrons. The minimum Gasteiger partial charge on any atom is -0.480 e. The molecule has 17 heavy (non-hydrogen) atoms. The van der Waals surface area contributed by atoms with E-state index >= 15 is 0 Å². The first-order chi connectivity index (χ1) is 7.81. The van der Waals surface area contributed by atoms with E-state index in [0.29, 0.717) is 0 Å². The van der Waals surface area contributed by atoms with Gasteiger partial charge < -0.3 is 10.8 Å². The van der Waals surface area contributed by atoms with E-state index in [2.05, 4.69) is 0 Å². The molecule has 0 saturated carbocycles. The predicted molar refractivity (Wildman–Crippen MR) is 72.1 cm³/mol. The summed E-state index contributed by atoms with van der Waals surface area (Å²) in [5.41, 5.74) is 6.90. The van der Waals surface area contributed by atoms with Crippen molar-refractivity contribution in [1.82, 2.24) is 0 Å². The van der Waals surface area contributed by atoms with Crippen LogP contribution in [0.4, 0.5) is 0 Å². The maximum absolute atomic E-state index is 11.3. The van der Waals surface area contributed by atoms with Crippen molar-refractivity contribution in [2.45, 2.75) is 36.8 Å². The number of carboxylic acids is 1. The maximum atomic E-state index is 11.3. The highest BCUT2D eigenvalue weighted by Gasteiger charge is 2.31. The molecule has 0 unspecified atom stereocenters. The number of nitrogens with two attached hydrogens (primary N) is 1. The number of carbonyl (C=O) groups is 1. The second-order valence-corrected chi connectivity index (χ2v) is 6.89. The van der Waals surface area contributed by atoms with Crippen LogP contribution >= 0.6 is 11.8 Å². The van der Waals surface area contributed by atoms with Crippen molar-refractivity contribution in [2.24, 2.45) is 5.73 Å². The fourth-order valence-electron chi connectivity index (χ4n) is 1.51. The highest BCUT2D eigenvalue weighted by atomic mass is 32.2. The molecule has 1 rings (SSSR count). The summed E-state index contributed by atoms with van der Waals surface area (Å²) in [6.07, 6.45) is 0. The quantitative estimate of drug-likeness (QED) is 0.866. The van der Waals surface area contributed by atoms with Crippen molar-refractivity contribution in [3.05, 3.63) is 35.9 Å². The van der Waals surface area contributed by atoms with Crippen LogP contribution in [0.15, 0.2) is 30.3 Å². The molecule has 0 saturated heterocycles. The van der Waals surface area contributed by atoms with Gasteiger partial charge in [0.05, 0.1) is 6.04 Å². The van der Waals surface area contributed by atoms with Crippen LogP contribution < -0.4 is 5.73 Å².